The van der Waals surface area contributed by atoms with E-state index >= 15 is 0 Å². The normalized spacial score (nSPS) is 13.2. The van der Waals surface area contributed by atoms with Gasteiger partial charge in [-0.25, -0.2) is 4.98 Å². The first-order chi connectivity index (χ1) is 27.2. The van der Waals surface area contributed by atoms with Gasteiger partial charge in [0, 0.05) is 22.4 Å². The molecule has 0 N–H and O–H groups in total. The van der Waals surface area contributed by atoms with E-state index in [0.717, 1.165) is 18.7 Å². The monoisotopic (exact) mass is 722 g/mol. The van der Waals surface area contributed by atoms with E-state index in [0.29, 0.717) is 0 Å². The summed E-state index contributed by atoms with van der Waals surface area (Å²) in [5.41, 5.74) is 10.4. The molecule has 10 rings (SSSR count). The van der Waals surface area contributed by atoms with E-state index in [-0.39, 0.29) is 5.41 Å². The van der Waals surface area contributed by atoms with Gasteiger partial charge in [0.1, 0.15) is 5.82 Å². The Hall–Kier alpha value is -6.29. The molecule has 1 aliphatic carbocycles. The Bertz CT molecular complexity index is 2720. The Morgan fingerprint density at radius 2 is 0.982 bits per heavy atom. The van der Waals surface area contributed by atoms with Crippen LogP contribution in [-0.4, -0.2) is 17.6 Å². The van der Waals surface area contributed by atoms with Crippen molar-refractivity contribution in [3.8, 4) is 28.1 Å². The quantitative estimate of drug-likeness (QED) is 0.113. The molecular weight excluding hydrogens is 681 g/mol. The first kappa shape index (κ1) is 33.3. The van der Waals surface area contributed by atoms with Gasteiger partial charge in [0.05, 0.1) is 11.0 Å². The standard InChI is InChI=1S/C52H42N2Si/c1-3-52(4-2)47-35-38(37-28-32-50-46(34-37)45-24-14-15-25-49(45)54(50)51-26-16-17-33-53-51)27-30-43(47)44-31-29-42(36-48(44)52)55(39-18-8-5-9-19-39,40-20-10-6-11-21-40)41-22-12-7-13-23-41/h5-36H,3-4H2,1-2H3. The Morgan fingerprint density at radius 3 is 1.60 bits per heavy atom. The predicted octanol–water partition coefficient (Wildman–Crippen LogP) is 10.3. The maximum Gasteiger partial charge on any atom is 0.179 e. The van der Waals surface area contributed by atoms with Gasteiger partial charge < -0.3 is 0 Å². The summed E-state index contributed by atoms with van der Waals surface area (Å²) in [6.45, 7) is 4.77. The van der Waals surface area contributed by atoms with Gasteiger partial charge in [-0.2, -0.15) is 0 Å². The van der Waals surface area contributed by atoms with E-state index in [9.17, 15) is 0 Å². The van der Waals surface area contributed by atoms with Crippen molar-refractivity contribution in [3.05, 3.63) is 205 Å². The number of rotatable bonds is 8. The molecule has 0 saturated carbocycles. The molecule has 2 nitrogen and oxygen atoms in total. The van der Waals surface area contributed by atoms with Crippen molar-refractivity contribution in [1.82, 2.24) is 9.55 Å². The Labute approximate surface area is 324 Å². The molecule has 1 aliphatic rings. The molecule has 7 aromatic carbocycles. The molecule has 9 aromatic rings. The van der Waals surface area contributed by atoms with Crippen LogP contribution in [0.25, 0.3) is 49.9 Å². The van der Waals surface area contributed by atoms with Crippen LogP contribution in [0.3, 0.4) is 0 Å². The van der Waals surface area contributed by atoms with Crippen LogP contribution in [0.5, 0.6) is 0 Å². The summed E-state index contributed by atoms with van der Waals surface area (Å²) < 4.78 is 2.29. The largest absolute Gasteiger partial charge is 0.294 e. The van der Waals surface area contributed by atoms with E-state index in [4.69, 9.17) is 4.98 Å². The highest BCUT2D eigenvalue weighted by Gasteiger charge is 2.45. The third-order valence-electron chi connectivity index (χ3n) is 12.5. The van der Waals surface area contributed by atoms with E-state index in [1.807, 2.05) is 12.3 Å². The number of aromatic nitrogens is 2. The summed E-state index contributed by atoms with van der Waals surface area (Å²) in [5.74, 6) is 0.936. The topological polar surface area (TPSA) is 17.8 Å². The third-order valence-corrected chi connectivity index (χ3v) is 17.3. The first-order valence-electron chi connectivity index (χ1n) is 19.6. The van der Waals surface area contributed by atoms with Crippen molar-refractivity contribution in [1.29, 1.82) is 0 Å². The van der Waals surface area contributed by atoms with Crippen molar-refractivity contribution in [2.24, 2.45) is 0 Å². The summed E-state index contributed by atoms with van der Waals surface area (Å²) in [7, 11) is -2.68. The van der Waals surface area contributed by atoms with Crippen molar-refractivity contribution in [2.45, 2.75) is 32.1 Å². The van der Waals surface area contributed by atoms with Crippen LogP contribution < -0.4 is 20.7 Å². The van der Waals surface area contributed by atoms with Crippen LogP contribution in [0.4, 0.5) is 0 Å². The third kappa shape index (κ3) is 4.96. The molecule has 0 amide bonds. The molecule has 0 aliphatic heterocycles. The lowest BCUT2D eigenvalue weighted by atomic mass is 9.73. The average Bonchev–Trinajstić information content (AvgIpc) is 3.74. The lowest BCUT2D eigenvalue weighted by molar-refractivity contribution is 0.491. The molecule has 55 heavy (non-hydrogen) atoms. The minimum atomic E-state index is -2.68. The first-order valence-corrected chi connectivity index (χ1v) is 21.6. The molecule has 0 unspecified atom stereocenters. The highest BCUT2D eigenvalue weighted by Crippen LogP contribution is 2.53. The van der Waals surface area contributed by atoms with Crippen LogP contribution in [0.15, 0.2) is 194 Å². The van der Waals surface area contributed by atoms with Crippen molar-refractivity contribution in [2.75, 3.05) is 0 Å². The Balaban J connectivity index is 1.15. The number of pyridine rings is 1. The van der Waals surface area contributed by atoms with Crippen molar-refractivity contribution in [3.63, 3.8) is 0 Å². The van der Waals surface area contributed by atoms with E-state index < -0.39 is 8.07 Å². The molecule has 0 atom stereocenters. The fourth-order valence-electron chi connectivity index (χ4n) is 9.87. The highest BCUT2D eigenvalue weighted by molar-refractivity contribution is 7.19. The van der Waals surface area contributed by atoms with Crippen LogP contribution >= 0.6 is 0 Å². The SMILES string of the molecule is CCC1(CC)c2cc(-c3ccc4c(c3)c3ccccc3n4-c3ccccn3)ccc2-c2ccc([Si](c3ccccc3)(c3ccccc3)c3ccccc3)cc21. The zero-order valence-corrected chi connectivity index (χ0v) is 32.3. The molecule has 0 spiro atoms. The summed E-state index contributed by atoms with van der Waals surface area (Å²) in [6, 6.07) is 70.4. The maximum atomic E-state index is 4.73. The molecule has 0 saturated heterocycles. The molecular formula is C52H42N2Si. The second-order valence-electron chi connectivity index (χ2n) is 14.9. The summed E-state index contributed by atoms with van der Waals surface area (Å²) in [6.07, 6.45) is 3.93. The number of hydrogen-bond donors (Lipinski definition) is 0. The lowest BCUT2D eigenvalue weighted by Crippen LogP contribution is -2.74. The van der Waals surface area contributed by atoms with Gasteiger partial charge in [0.2, 0.25) is 0 Å². The van der Waals surface area contributed by atoms with Gasteiger partial charge in [-0.1, -0.05) is 166 Å². The molecule has 2 heterocycles. The van der Waals surface area contributed by atoms with Crippen molar-refractivity contribution >= 4 is 50.6 Å². The smallest absolute Gasteiger partial charge is 0.179 e. The molecule has 0 bridgehead atoms. The van der Waals surface area contributed by atoms with Crippen LogP contribution in [0.1, 0.15) is 37.8 Å². The Kier molecular flexibility index (Phi) is 8.01. The lowest BCUT2D eigenvalue weighted by Gasteiger charge is -2.36. The summed E-state index contributed by atoms with van der Waals surface area (Å²) in [4.78, 5) is 4.73. The summed E-state index contributed by atoms with van der Waals surface area (Å²) >= 11 is 0. The second-order valence-corrected chi connectivity index (χ2v) is 18.7. The minimum absolute atomic E-state index is 0.0972. The minimum Gasteiger partial charge on any atom is -0.294 e. The average molecular weight is 723 g/mol. The number of hydrogen-bond acceptors (Lipinski definition) is 1. The number of fused-ring (bicyclic) bond motifs is 6. The fraction of sp³-hybridized carbons (Fsp3) is 0.0962. The second kappa shape index (κ2) is 13.2. The van der Waals surface area contributed by atoms with E-state index in [1.165, 1.54) is 75.9 Å². The highest BCUT2D eigenvalue weighted by atomic mass is 28.3. The number of para-hydroxylation sites is 1. The van der Waals surface area contributed by atoms with Crippen LogP contribution in [0.2, 0.25) is 0 Å². The molecule has 3 heteroatoms. The van der Waals surface area contributed by atoms with Crippen molar-refractivity contribution < 1.29 is 0 Å². The zero-order chi connectivity index (χ0) is 37.0. The predicted molar refractivity (Wildman–Crippen MR) is 234 cm³/mol. The number of nitrogens with zero attached hydrogens (tertiary/aromatic N) is 2. The zero-order valence-electron chi connectivity index (χ0n) is 31.3. The van der Waals surface area contributed by atoms with Gasteiger partial charge in [-0.05, 0) is 103 Å². The number of benzene rings is 7. The van der Waals surface area contributed by atoms with Crippen LogP contribution in [0, 0.1) is 0 Å². The molecule has 2 aromatic heterocycles. The molecule has 264 valence electrons. The van der Waals surface area contributed by atoms with E-state index in [1.54, 1.807) is 0 Å². The maximum absolute atomic E-state index is 4.73. The van der Waals surface area contributed by atoms with Crippen LogP contribution in [-0.2, 0) is 5.41 Å². The summed E-state index contributed by atoms with van der Waals surface area (Å²) in [5, 5.41) is 8.14. The van der Waals surface area contributed by atoms with Gasteiger partial charge in [-0.3, -0.25) is 4.57 Å². The molecule has 0 fully saturated rings. The Morgan fingerprint density at radius 1 is 0.455 bits per heavy atom. The van der Waals surface area contributed by atoms with E-state index in [2.05, 4.69) is 200 Å². The van der Waals surface area contributed by atoms with Gasteiger partial charge in [-0.15, -0.1) is 0 Å². The van der Waals surface area contributed by atoms with Gasteiger partial charge in [0.15, 0.2) is 8.07 Å². The fourth-order valence-corrected chi connectivity index (χ4v) is 14.6. The molecule has 0 radical (unpaired) electrons. The van der Waals surface area contributed by atoms with Gasteiger partial charge in [0.25, 0.3) is 0 Å². The van der Waals surface area contributed by atoms with Gasteiger partial charge >= 0.3 is 0 Å².